The fourth-order valence-electron chi connectivity index (χ4n) is 1.23. The third-order valence-electron chi connectivity index (χ3n) is 2.56. The second kappa shape index (κ2) is 9.47. The second-order valence-electron chi connectivity index (χ2n) is 4.20. The molecule has 2 N–H and O–H groups in total. The maximum absolute atomic E-state index is 8.07. The zero-order valence-electron chi connectivity index (χ0n) is 10.1. The summed E-state index contributed by atoms with van der Waals surface area (Å²) in [6, 6.07) is 0.872. The van der Waals surface area contributed by atoms with Crippen LogP contribution in [0.4, 0.5) is 0 Å². The van der Waals surface area contributed by atoms with Crippen molar-refractivity contribution in [3.8, 4) is 0 Å². The van der Waals surface area contributed by atoms with Crippen LogP contribution in [0.2, 0.25) is 0 Å². The summed E-state index contributed by atoms with van der Waals surface area (Å²) in [4.78, 5) is 0. The van der Waals surface area contributed by atoms with E-state index in [2.05, 4.69) is 26.1 Å². The molecule has 0 spiro atoms. The molecule has 0 saturated heterocycles. The SMILES string of the molecule is CCCCNC1CC1C.CCCCO. The Morgan fingerprint density at radius 1 is 1.21 bits per heavy atom. The Morgan fingerprint density at radius 3 is 2.07 bits per heavy atom. The van der Waals surface area contributed by atoms with Gasteiger partial charge in [0.25, 0.3) is 0 Å². The van der Waals surface area contributed by atoms with Gasteiger partial charge in [-0.15, -0.1) is 0 Å². The van der Waals surface area contributed by atoms with Crippen LogP contribution in [-0.4, -0.2) is 24.3 Å². The number of hydrogen-bond acceptors (Lipinski definition) is 2. The van der Waals surface area contributed by atoms with E-state index < -0.39 is 0 Å². The first-order chi connectivity index (χ1) is 6.76. The molecule has 2 unspecified atom stereocenters. The van der Waals surface area contributed by atoms with Gasteiger partial charge in [0.2, 0.25) is 0 Å². The lowest BCUT2D eigenvalue weighted by molar-refractivity contribution is 0.287. The van der Waals surface area contributed by atoms with E-state index in [9.17, 15) is 0 Å². The Balaban J connectivity index is 0.000000292. The molecule has 0 amide bonds. The van der Waals surface area contributed by atoms with Crippen LogP contribution in [0.25, 0.3) is 0 Å². The zero-order valence-corrected chi connectivity index (χ0v) is 10.1. The molecule has 0 bridgehead atoms. The van der Waals surface area contributed by atoms with Gasteiger partial charge in [-0.2, -0.15) is 0 Å². The molecule has 1 rings (SSSR count). The third kappa shape index (κ3) is 8.52. The molecule has 0 aromatic heterocycles. The largest absolute Gasteiger partial charge is 0.396 e. The quantitative estimate of drug-likeness (QED) is 0.647. The molecule has 0 aromatic rings. The van der Waals surface area contributed by atoms with Crippen molar-refractivity contribution in [3.05, 3.63) is 0 Å². The van der Waals surface area contributed by atoms with Gasteiger partial charge in [-0.3, -0.25) is 0 Å². The highest BCUT2D eigenvalue weighted by Crippen LogP contribution is 2.28. The van der Waals surface area contributed by atoms with Gasteiger partial charge in [0.05, 0.1) is 0 Å². The molecule has 1 aliphatic rings. The molecule has 1 saturated carbocycles. The number of unbranched alkanes of at least 4 members (excludes halogenated alkanes) is 2. The van der Waals surface area contributed by atoms with Crippen molar-refractivity contribution in [1.82, 2.24) is 5.32 Å². The summed E-state index contributed by atoms with van der Waals surface area (Å²) in [5.41, 5.74) is 0. The monoisotopic (exact) mass is 201 g/mol. The number of aliphatic hydroxyl groups excluding tert-OH is 1. The first-order valence-electron chi connectivity index (χ1n) is 6.10. The van der Waals surface area contributed by atoms with Gasteiger partial charge in [0.15, 0.2) is 0 Å². The summed E-state index contributed by atoms with van der Waals surface area (Å²) < 4.78 is 0. The second-order valence-corrected chi connectivity index (χ2v) is 4.20. The highest BCUT2D eigenvalue weighted by molar-refractivity contribution is 4.89. The molecule has 2 nitrogen and oxygen atoms in total. The summed E-state index contributed by atoms with van der Waals surface area (Å²) in [5.74, 6) is 0.960. The smallest absolute Gasteiger partial charge is 0.0430 e. The molecule has 0 aliphatic heterocycles. The summed E-state index contributed by atoms with van der Waals surface area (Å²) in [6.07, 6.45) is 6.09. The van der Waals surface area contributed by atoms with Gasteiger partial charge in [-0.05, 0) is 31.7 Å². The molecule has 1 fully saturated rings. The minimum atomic E-state index is 0.344. The molecule has 2 heteroatoms. The fourth-order valence-corrected chi connectivity index (χ4v) is 1.23. The minimum absolute atomic E-state index is 0.344. The predicted molar refractivity (Wildman–Crippen MR) is 62.5 cm³/mol. The number of nitrogens with one attached hydrogen (secondary N) is 1. The van der Waals surface area contributed by atoms with Gasteiger partial charge in [0.1, 0.15) is 0 Å². The Morgan fingerprint density at radius 2 is 1.79 bits per heavy atom. The van der Waals surface area contributed by atoms with Crippen molar-refractivity contribution >= 4 is 0 Å². The number of rotatable bonds is 6. The van der Waals surface area contributed by atoms with E-state index in [1.165, 1.54) is 25.8 Å². The Kier molecular flexibility index (Phi) is 9.42. The molecule has 2 atom stereocenters. The maximum Gasteiger partial charge on any atom is 0.0430 e. The topological polar surface area (TPSA) is 32.3 Å². The lowest BCUT2D eigenvalue weighted by atomic mass is 10.3. The van der Waals surface area contributed by atoms with Crippen molar-refractivity contribution < 1.29 is 5.11 Å². The zero-order chi connectivity index (χ0) is 10.8. The lowest BCUT2D eigenvalue weighted by Crippen LogP contribution is -2.18. The molecule has 1 aliphatic carbocycles. The van der Waals surface area contributed by atoms with Crippen LogP contribution in [0.3, 0.4) is 0 Å². The first kappa shape index (κ1) is 13.9. The van der Waals surface area contributed by atoms with Crippen molar-refractivity contribution in [1.29, 1.82) is 0 Å². The maximum atomic E-state index is 8.07. The summed E-state index contributed by atoms with van der Waals surface area (Å²) >= 11 is 0. The summed E-state index contributed by atoms with van der Waals surface area (Å²) in [5, 5.41) is 11.6. The van der Waals surface area contributed by atoms with E-state index in [1.807, 2.05) is 0 Å². The van der Waals surface area contributed by atoms with E-state index in [4.69, 9.17) is 5.11 Å². The standard InChI is InChI=1S/C8H17N.C4H10O/c1-3-4-5-9-8-6-7(8)2;1-2-3-4-5/h7-9H,3-6H2,1-2H3;5H,2-4H2,1H3. The van der Waals surface area contributed by atoms with Crippen molar-refractivity contribution in [2.75, 3.05) is 13.2 Å². The van der Waals surface area contributed by atoms with Crippen molar-refractivity contribution in [3.63, 3.8) is 0 Å². The van der Waals surface area contributed by atoms with E-state index in [1.54, 1.807) is 0 Å². The number of hydrogen-bond donors (Lipinski definition) is 2. The van der Waals surface area contributed by atoms with Crippen molar-refractivity contribution in [2.45, 2.75) is 58.9 Å². The van der Waals surface area contributed by atoms with Crippen LogP contribution in [-0.2, 0) is 0 Å². The molecular formula is C12H27NO. The predicted octanol–water partition coefficient (Wildman–Crippen LogP) is 2.56. The van der Waals surface area contributed by atoms with Crippen LogP contribution in [0.1, 0.15) is 52.9 Å². The van der Waals surface area contributed by atoms with Crippen LogP contribution in [0.5, 0.6) is 0 Å². The minimum Gasteiger partial charge on any atom is -0.396 e. The van der Waals surface area contributed by atoms with E-state index in [-0.39, 0.29) is 0 Å². The van der Waals surface area contributed by atoms with Crippen LogP contribution < -0.4 is 5.32 Å². The number of aliphatic hydroxyl groups is 1. The van der Waals surface area contributed by atoms with Gasteiger partial charge in [-0.25, -0.2) is 0 Å². The van der Waals surface area contributed by atoms with Gasteiger partial charge >= 0.3 is 0 Å². The summed E-state index contributed by atoms with van der Waals surface area (Å²) in [6.45, 7) is 8.17. The van der Waals surface area contributed by atoms with E-state index in [0.717, 1.165) is 24.8 Å². The molecule has 0 radical (unpaired) electrons. The normalized spacial score (nSPS) is 24.0. The Hall–Kier alpha value is -0.0800. The van der Waals surface area contributed by atoms with Crippen molar-refractivity contribution in [2.24, 2.45) is 5.92 Å². The van der Waals surface area contributed by atoms with Crippen LogP contribution >= 0.6 is 0 Å². The van der Waals surface area contributed by atoms with Crippen LogP contribution in [0.15, 0.2) is 0 Å². The lowest BCUT2D eigenvalue weighted by Gasteiger charge is -1.98. The molecule has 86 valence electrons. The van der Waals surface area contributed by atoms with Gasteiger partial charge in [0, 0.05) is 12.6 Å². The van der Waals surface area contributed by atoms with Gasteiger partial charge in [-0.1, -0.05) is 33.6 Å². The van der Waals surface area contributed by atoms with E-state index in [0.29, 0.717) is 6.61 Å². The summed E-state index contributed by atoms with van der Waals surface area (Å²) in [7, 11) is 0. The fraction of sp³-hybridized carbons (Fsp3) is 1.00. The Labute approximate surface area is 89.1 Å². The van der Waals surface area contributed by atoms with E-state index >= 15 is 0 Å². The Bertz CT molecular complexity index is 115. The highest BCUT2D eigenvalue weighted by atomic mass is 16.2. The average Bonchev–Trinajstić information content (AvgIpc) is 2.85. The molecule has 14 heavy (non-hydrogen) atoms. The van der Waals surface area contributed by atoms with Crippen LogP contribution in [0, 0.1) is 5.92 Å². The average molecular weight is 201 g/mol. The molecular weight excluding hydrogens is 174 g/mol. The first-order valence-corrected chi connectivity index (χ1v) is 6.10. The highest BCUT2D eigenvalue weighted by Gasteiger charge is 2.31. The third-order valence-corrected chi connectivity index (χ3v) is 2.56. The van der Waals surface area contributed by atoms with Gasteiger partial charge < -0.3 is 10.4 Å². The molecule has 0 aromatic carbocycles. The molecule has 0 heterocycles.